The number of carbonyl (C=O) groups is 1. The van der Waals surface area contributed by atoms with Gasteiger partial charge in [0.1, 0.15) is 5.60 Å². The van der Waals surface area contributed by atoms with E-state index in [2.05, 4.69) is 15.8 Å². The maximum Gasteiger partial charge on any atom is 0.417 e. The molecular weight excluding hydrogens is 443 g/mol. The molecule has 2 aromatic rings. The van der Waals surface area contributed by atoms with E-state index in [1.807, 2.05) is 52.0 Å². The predicted molar refractivity (Wildman–Crippen MR) is 121 cm³/mol. The number of carbonyl (C=O) groups excluding carboxylic acids is 1. The Morgan fingerprint density at radius 1 is 1.03 bits per heavy atom. The third-order valence-corrected chi connectivity index (χ3v) is 4.74. The van der Waals surface area contributed by atoms with Crippen LogP contribution in [0.4, 0.5) is 23.7 Å². The number of halogens is 4. The van der Waals surface area contributed by atoms with Crippen molar-refractivity contribution in [1.82, 2.24) is 5.32 Å². The third-order valence-electron chi connectivity index (χ3n) is 4.41. The van der Waals surface area contributed by atoms with Gasteiger partial charge in [-0.1, -0.05) is 35.0 Å². The van der Waals surface area contributed by atoms with Gasteiger partial charge in [-0.2, -0.15) is 13.2 Å². The summed E-state index contributed by atoms with van der Waals surface area (Å²) in [5.41, 5.74) is -0.0297. The fourth-order valence-corrected chi connectivity index (χ4v) is 2.95. The quantitative estimate of drug-likeness (QED) is 0.367. The van der Waals surface area contributed by atoms with E-state index in [0.717, 1.165) is 23.3 Å². The Morgan fingerprint density at radius 2 is 1.69 bits per heavy atom. The average molecular weight is 470 g/mol. The highest BCUT2D eigenvalue weighted by atomic mass is 35.5. The first kappa shape index (κ1) is 25.5. The van der Waals surface area contributed by atoms with Crippen molar-refractivity contribution in [3.8, 4) is 0 Å². The second-order valence-electron chi connectivity index (χ2n) is 8.86. The van der Waals surface area contributed by atoms with Gasteiger partial charge < -0.3 is 15.5 Å². The zero-order valence-electron chi connectivity index (χ0n) is 18.8. The largest absolute Gasteiger partial charge is 0.417 e. The molecule has 2 amide bonds. The summed E-state index contributed by atoms with van der Waals surface area (Å²) < 4.78 is 39.2. The first-order valence-corrected chi connectivity index (χ1v) is 10.3. The van der Waals surface area contributed by atoms with Crippen molar-refractivity contribution in [3.63, 3.8) is 0 Å². The smallest absolute Gasteiger partial charge is 0.390 e. The molecule has 0 aliphatic heterocycles. The third kappa shape index (κ3) is 7.15. The SMILES string of the molecule is C/C(=N\OC(C)(C)C)c1cccc(C(C)(C)NC(=O)Nc2ccc(Cl)c(C(F)(F)F)c2)c1. The molecule has 0 aliphatic rings. The maximum atomic E-state index is 13.1. The normalized spacial score (nSPS) is 13.0. The number of nitrogens with zero attached hydrogens (tertiary/aromatic N) is 1. The van der Waals surface area contributed by atoms with Crippen LogP contribution in [0.3, 0.4) is 0 Å². The van der Waals surface area contributed by atoms with E-state index in [1.165, 1.54) is 6.07 Å². The zero-order chi connectivity index (χ0) is 24.3. The van der Waals surface area contributed by atoms with E-state index in [1.54, 1.807) is 13.8 Å². The molecule has 0 aliphatic carbocycles. The van der Waals surface area contributed by atoms with Crippen LogP contribution in [0, 0.1) is 0 Å². The standard InChI is InChI=1S/C23H27ClF3N3O2/c1-14(30-32-21(2,3)4)15-8-7-9-16(12-15)22(5,6)29-20(31)28-17-10-11-19(24)18(13-17)23(25,26)27/h7-13H,1-6H3,(H2,28,29,31)/b30-14+. The van der Waals surface area contributed by atoms with Gasteiger partial charge in [0.05, 0.1) is 21.8 Å². The number of hydrogen-bond acceptors (Lipinski definition) is 3. The molecule has 0 bridgehead atoms. The molecule has 0 saturated heterocycles. The van der Waals surface area contributed by atoms with E-state index in [4.69, 9.17) is 16.4 Å². The minimum Gasteiger partial charge on any atom is -0.390 e. The molecule has 9 heteroatoms. The second kappa shape index (κ2) is 9.40. The minimum atomic E-state index is -4.62. The molecule has 0 unspecified atom stereocenters. The summed E-state index contributed by atoms with van der Waals surface area (Å²) >= 11 is 5.62. The van der Waals surface area contributed by atoms with E-state index in [9.17, 15) is 18.0 Å². The molecule has 32 heavy (non-hydrogen) atoms. The van der Waals surface area contributed by atoms with Crippen LogP contribution in [0.5, 0.6) is 0 Å². The lowest BCUT2D eigenvalue weighted by Crippen LogP contribution is -2.43. The molecule has 0 radical (unpaired) electrons. The van der Waals surface area contributed by atoms with Gasteiger partial charge in [0.25, 0.3) is 0 Å². The van der Waals surface area contributed by atoms with Crippen molar-refractivity contribution in [2.75, 3.05) is 5.32 Å². The van der Waals surface area contributed by atoms with Gasteiger partial charge in [0, 0.05) is 5.69 Å². The number of oxime groups is 1. The van der Waals surface area contributed by atoms with Crippen molar-refractivity contribution in [3.05, 3.63) is 64.2 Å². The number of rotatable bonds is 5. The summed E-state index contributed by atoms with van der Waals surface area (Å²) in [6.45, 7) is 11.1. The highest BCUT2D eigenvalue weighted by Crippen LogP contribution is 2.36. The number of anilines is 1. The van der Waals surface area contributed by atoms with E-state index >= 15 is 0 Å². The Labute approximate surface area is 191 Å². The monoisotopic (exact) mass is 469 g/mol. The highest BCUT2D eigenvalue weighted by molar-refractivity contribution is 6.31. The van der Waals surface area contributed by atoms with Crippen LogP contribution in [0.1, 0.15) is 58.2 Å². The van der Waals surface area contributed by atoms with Crippen molar-refractivity contribution in [2.45, 2.75) is 58.9 Å². The number of benzene rings is 2. The number of alkyl halides is 3. The number of nitrogens with one attached hydrogen (secondary N) is 2. The molecule has 0 aromatic heterocycles. The lowest BCUT2D eigenvalue weighted by molar-refractivity contribution is -0.137. The Balaban J connectivity index is 2.17. The fraction of sp³-hybridized carbons (Fsp3) is 0.391. The van der Waals surface area contributed by atoms with Crippen LogP contribution in [0.2, 0.25) is 5.02 Å². The van der Waals surface area contributed by atoms with Crippen LogP contribution in [0.25, 0.3) is 0 Å². The van der Waals surface area contributed by atoms with Crippen molar-refractivity contribution in [2.24, 2.45) is 5.16 Å². The summed E-state index contributed by atoms with van der Waals surface area (Å²) in [7, 11) is 0. The van der Waals surface area contributed by atoms with Crippen molar-refractivity contribution < 1.29 is 22.8 Å². The Morgan fingerprint density at radius 3 is 2.28 bits per heavy atom. The summed E-state index contributed by atoms with van der Waals surface area (Å²) in [6.07, 6.45) is -4.62. The van der Waals surface area contributed by atoms with Crippen LogP contribution in [-0.4, -0.2) is 17.3 Å². The highest BCUT2D eigenvalue weighted by Gasteiger charge is 2.33. The van der Waals surface area contributed by atoms with E-state index in [-0.39, 0.29) is 5.69 Å². The number of hydrogen-bond donors (Lipinski definition) is 2. The van der Waals surface area contributed by atoms with Crippen LogP contribution in [0.15, 0.2) is 47.6 Å². The minimum absolute atomic E-state index is 0.0221. The predicted octanol–water partition coefficient (Wildman–Crippen LogP) is 6.95. The lowest BCUT2D eigenvalue weighted by atomic mass is 9.92. The van der Waals surface area contributed by atoms with Gasteiger partial charge in [-0.25, -0.2) is 4.79 Å². The van der Waals surface area contributed by atoms with E-state index in [0.29, 0.717) is 5.71 Å². The van der Waals surface area contributed by atoms with Gasteiger partial charge in [0.2, 0.25) is 0 Å². The summed E-state index contributed by atoms with van der Waals surface area (Å²) in [5.74, 6) is 0. The van der Waals surface area contributed by atoms with Crippen LogP contribution < -0.4 is 10.6 Å². The zero-order valence-corrected chi connectivity index (χ0v) is 19.6. The average Bonchev–Trinajstić information content (AvgIpc) is 2.66. The molecule has 0 spiro atoms. The lowest BCUT2D eigenvalue weighted by Gasteiger charge is -2.27. The maximum absolute atomic E-state index is 13.1. The van der Waals surface area contributed by atoms with Crippen molar-refractivity contribution >= 4 is 29.0 Å². The topological polar surface area (TPSA) is 62.7 Å². The number of urea groups is 1. The molecule has 0 atom stereocenters. The van der Waals surface area contributed by atoms with Gasteiger partial charge in [0.15, 0.2) is 0 Å². The van der Waals surface area contributed by atoms with Crippen molar-refractivity contribution in [1.29, 1.82) is 0 Å². The molecule has 2 aromatic carbocycles. The van der Waals surface area contributed by atoms with Crippen LogP contribution in [-0.2, 0) is 16.6 Å². The Hall–Kier alpha value is -2.74. The summed E-state index contributed by atoms with van der Waals surface area (Å²) in [6, 6.07) is 9.95. The molecular formula is C23H27ClF3N3O2. The first-order chi connectivity index (χ1) is 14.6. The van der Waals surface area contributed by atoms with Gasteiger partial charge >= 0.3 is 12.2 Å². The molecule has 0 fully saturated rings. The number of amides is 2. The summed E-state index contributed by atoms with van der Waals surface area (Å²) in [4.78, 5) is 18.0. The van der Waals surface area contributed by atoms with Gasteiger partial charge in [-0.05, 0) is 76.9 Å². The molecule has 0 heterocycles. The van der Waals surface area contributed by atoms with E-state index < -0.39 is 33.9 Å². The summed E-state index contributed by atoms with van der Waals surface area (Å²) in [5, 5.41) is 8.93. The molecule has 5 nitrogen and oxygen atoms in total. The molecule has 174 valence electrons. The van der Waals surface area contributed by atoms with Crippen LogP contribution >= 0.6 is 11.6 Å². The fourth-order valence-electron chi connectivity index (χ4n) is 2.73. The molecule has 0 saturated carbocycles. The second-order valence-corrected chi connectivity index (χ2v) is 9.26. The van der Waals surface area contributed by atoms with Gasteiger partial charge in [-0.3, -0.25) is 0 Å². The Bertz CT molecular complexity index is 1010. The molecule has 2 N–H and O–H groups in total. The Kier molecular flexibility index (Phi) is 7.50. The van der Waals surface area contributed by atoms with Gasteiger partial charge in [-0.15, -0.1) is 0 Å². The first-order valence-electron chi connectivity index (χ1n) is 9.88. The molecule has 2 rings (SSSR count).